The van der Waals surface area contributed by atoms with Crippen molar-refractivity contribution in [2.75, 3.05) is 20.3 Å². The fourth-order valence-electron chi connectivity index (χ4n) is 6.45. The Labute approximate surface area is 243 Å². The van der Waals surface area contributed by atoms with Gasteiger partial charge in [0.2, 0.25) is 0 Å². The molecule has 2 heterocycles. The van der Waals surface area contributed by atoms with E-state index in [-0.39, 0.29) is 48.0 Å². The highest BCUT2D eigenvalue weighted by atomic mass is 19.1. The highest BCUT2D eigenvalue weighted by Crippen LogP contribution is 2.42. The van der Waals surface area contributed by atoms with E-state index in [2.05, 4.69) is 32.9 Å². The topological polar surface area (TPSA) is 63.2 Å². The summed E-state index contributed by atoms with van der Waals surface area (Å²) in [6.45, 7) is 8.25. The fourth-order valence-corrected chi connectivity index (χ4v) is 6.45. The van der Waals surface area contributed by atoms with Crippen LogP contribution in [0.5, 0.6) is 0 Å². The van der Waals surface area contributed by atoms with Gasteiger partial charge in [-0.1, -0.05) is 65.0 Å². The maximum Gasteiger partial charge on any atom is 0.305 e. The van der Waals surface area contributed by atoms with Crippen LogP contribution in [0.1, 0.15) is 124 Å². The Kier molecular flexibility index (Phi) is 14.9. The van der Waals surface area contributed by atoms with Crippen LogP contribution in [0.3, 0.4) is 0 Å². The summed E-state index contributed by atoms with van der Waals surface area (Å²) >= 11 is 0. The number of esters is 1. The Morgan fingerprint density at radius 3 is 2.35 bits per heavy atom. The zero-order valence-corrected chi connectivity index (χ0v) is 25.8. The van der Waals surface area contributed by atoms with Crippen LogP contribution in [0.4, 0.5) is 4.39 Å². The van der Waals surface area contributed by atoms with Gasteiger partial charge in [0, 0.05) is 32.0 Å². The number of carbonyl (C=O) groups is 1. The second-order valence-electron chi connectivity index (χ2n) is 12.8. The summed E-state index contributed by atoms with van der Waals surface area (Å²) in [5.74, 6) is -0.265. The largest absolute Gasteiger partial charge is 0.469 e. The summed E-state index contributed by atoms with van der Waals surface area (Å²) in [5, 5.41) is 0. The molecule has 0 amide bonds. The van der Waals surface area contributed by atoms with Gasteiger partial charge in [-0.05, 0) is 69.1 Å². The summed E-state index contributed by atoms with van der Waals surface area (Å²) in [6.07, 6.45) is 17.7. The molecule has 0 spiro atoms. The summed E-state index contributed by atoms with van der Waals surface area (Å²) in [6, 6.07) is 0. The van der Waals surface area contributed by atoms with Crippen LogP contribution >= 0.6 is 0 Å². The van der Waals surface area contributed by atoms with Crippen LogP contribution in [0.15, 0.2) is 12.2 Å². The van der Waals surface area contributed by atoms with Crippen molar-refractivity contribution in [3.05, 3.63) is 12.2 Å². The molecule has 0 aromatic heterocycles. The SMILES string of the molecule is CCCCC(C)(C)[C@@H](/C=C/[C@@H]1[C@@H](CCCCCCC(=O)OC)[C@H](F)C[C@H]1OC1CCCCO1)OC1CCCCO1. The van der Waals surface area contributed by atoms with Crippen LogP contribution in [0.2, 0.25) is 0 Å². The van der Waals surface area contributed by atoms with E-state index in [0.29, 0.717) is 12.8 Å². The minimum absolute atomic E-state index is 0.0176. The van der Waals surface area contributed by atoms with E-state index in [1.807, 2.05) is 0 Å². The molecule has 2 unspecified atom stereocenters. The first-order valence-electron chi connectivity index (χ1n) is 16.3. The summed E-state index contributed by atoms with van der Waals surface area (Å²) in [5.41, 5.74) is -0.0565. The zero-order chi connectivity index (χ0) is 28.8. The first kappa shape index (κ1) is 33.5. The minimum atomic E-state index is -0.896. The molecule has 1 aliphatic carbocycles. The molecule has 3 fully saturated rings. The zero-order valence-electron chi connectivity index (χ0n) is 25.8. The fraction of sp³-hybridized carbons (Fsp3) is 0.909. The van der Waals surface area contributed by atoms with E-state index in [1.165, 1.54) is 7.11 Å². The van der Waals surface area contributed by atoms with E-state index in [9.17, 15) is 4.79 Å². The van der Waals surface area contributed by atoms with Gasteiger partial charge in [-0.3, -0.25) is 4.79 Å². The summed E-state index contributed by atoms with van der Waals surface area (Å²) in [4.78, 5) is 11.4. The molecule has 0 N–H and O–H groups in total. The third kappa shape index (κ3) is 11.0. The number of methoxy groups -OCH3 is 1. The lowest BCUT2D eigenvalue weighted by molar-refractivity contribution is -0.198. The predicted octanol–water partition coefficient (Wildman–Crippen LogP) is 8.07. The molecule has 3 rings (SSSR count). The van der Waals surface area contributed by atoms with Crippen molar-refractivity contribution >= 4 is 5.97 Å². The van der Waals surface area contributed by atoms with Gasteiger partial charge in [0.15, 0.2) is 12.6 Å². The lowest BCUT2D eigenvalue weighted by Crippen LogP contribution is -2.37. The number of halogens is 1. The Bertz CT molecular complexity index is 730. The Morgan fingerprint density at radius 2 is 1.70 bits per heavy atom. The molecule has 0 radical (unpaired) electrons. The van der Waals surface area contributed by atoms with Crippen molar-refractivity contribution in [3.63, 3.8) is 0 Å². The van der Waals surface area contributed by atoms with Gasteiger partial charge in [0.05, 0.1) is 19.3 Å². The van der Waals surface area contributed by atoms with Crippen molar-refractivity contribution in [2.24, 2.45) is 17.3 Å². The van der Waals surface area contributed by atoms with E-state index in [0.717, 1.165) is 103 Å². The average Bonchev–Trinajstić information content (AvgIpc) is 3.25. The lowest BCUT2D eigenvalue weighted by Gasteiger charge is -2.36. The number of hydrogen-bond acceptors (Lipinski definition) is 6. The van der Waals surface area contributed by atoms with Crippen LogP contribution < -0.4 is 0 Å². The maximum atomic E-state index is 15.6. The number of ether oxygens (including phenoxy) is 5. The number of alkyl halides is 1. The molecule has 0 bridgehead atoms. The standard InChI is InChI=1S/C33H57FO6/c1-5-6-21-33(2,3)29(40-32-18-12-14-23-38-32)20-19-26-25(15-9-7-8-10-16-30(35)36-4)27(34)24-28(26)39-31-17-11-13-22-37-31/h19-20,25-29,31-32H,5-18,21-24H2,1-4H3/b20-19+/t25-,26-,27-,28-,29-,31?,32?/m1/s1. The molecule has 3 aliphatic rings. The van der Waals surface area contributed by atoms with E-state index >= 15 is 4.39 Å². The molecule has 6 nitrogen and oxygen atoms in total. The molecule has 7 heteroatoms. The molecule has 0 aromatic carbocycles. The van der Waals surface area contributed by atoms with E-state index < -0.39 is 6.17 Å². The summed E-state index contributed by atoms with van der Waals surface area (Å²) < 4.78 is 45.3. The molecular formula is C33H57FO6. The molecule has 2 saturated heterocycles. The van der Waals surface area contributed by atoms with Gasteiger partial charge in [0.1, 0.15) is 6.17 Å². The summed E-state index contributed by atoms with van der Waals surface area (Å²) in [7, 11) is 1.43. The number of unbranched alkanes of at least 4 members (excludes halogenated alkanes) is 4. The Morgan fingerprint density at radius 1 is 1.00 bits per heavy atom. The minimum Gasteiger partial charge on any atom is -0.469 e. The number of rotatable bonds is 17. The molecule has 7 atom stereocenters. The lowest BCUT2D eigenvalue weighted by atomic mass is 9.80. The van der Waals surface area contributed by atoms with Crippen molar-refractivity contribution < 1.29 is 32.9 Å². The predicted molar refractivity (Wildman–Crippen MR) is 156 cm³/mol. The Hall–Kier alpha value is -1.02. The quantitative estimate of drug-likeness (QED) is 0.100. The first-order chi connectivity index (χ1) is 19.3. The number of hydrogen-bond donors (Lipinski definition) is 0. The molecule has 0 aromatic rings. The van der Waals surface area contributed by atoms with Crippen LogP contribution in [-0.2, 0) is 28.5 Å². The van der Waals surface area contributed by atoms with E-state index in [1.54, 1.807) is 0 Å². The van der Waals surface area contributed by atoms with Gasteiger partial charge < -0.3 is 23.7 Å². The van der Waals surface area contributed by atoms with Crippen molar-refractivity contribution in [2.45, 2.75) is 154 Å². The molecule has 1 saturated carbocycles. The van der Waals surface area contributed by atoms with Crippen molar-refractivity contribution in [1.82, 2.24) is 0 Å². The van der Waals surface area contributed by atoms with Gasteiger partial charge in [-0.2, -0.15) is 0 Å². The second kappa shape index (κ2) is 17.8. The van der Waals surface area contributed by atoms with Crippen LogP contribution in [0, 0.1) is 17.3 Å². The van der Waals surface area contributed by atoms with Crippen LogP contribution in [0.25, 0.3) is 0 Å². The van der Waals surface area contributed by atoms with Gasteiger partial charge >= 0.3 is 5.97 Å². The first-order valence-corrected chi connectivity index (χ1v) is 16.3. The van der Waals surface area contributed by atoms with Crippen molar-refractivity contribution in [1.29, 1.82) is 0 Å². The third-order valence-corrected chi connectivity index (χ3v) is 9.10. The van der Waals surface area contributed by atoms with Crippen LogP contribution in [-0.4, -0.2) is 57.3 Å². The molecule has 232 valence electrons. The molecular weight excluding hydrogens is 511 g/mol. The normalized spacial score (nSPS) is 30.5. The molecule has 2 aliphatic heterocycles. The highest BCUT2D eigenvalue weighted by Gasteiger charge is 2.44. The smallest absolute Gasteiger partial charge is 0.305 e. The van der Waals surface area contributed by atoms with Crippen molar-refractivity contribution in [3.8, 4) is 0 Å². The van der Waals surface area contributed by atoms with E-state index in [4.69, 9.17) is 23.7 Å². The van der Waals surface area contributed by atoms with Gasteiger partial charge in [0.25, 0.3) is 0 Å². The Balaban J connectivity index is 1.70. The average molecular weight is 569 g/mol. The third-order valence-electron chi connectivity index (χ3n) is 9.10. The van der Waals surface area contributed by atoms with Gasteiger partial charge in [-0.25, -0.2) is 4.39 Å². The molecule has 40 heavy (non-hydrogen) atoms. The van der Waals surface area contributed by atoms with Gasteiger partial charge in [-0.15, -0.1) is 0 Å². The number of carbonyl (C=O) groups excluding carboxylic acids is 1. The second-order valence-corrected chi connectivity index (χ2v) is 12.8. The monoisotopic (exact) mass is 568 g/mol. The highest BCUT2D eigenvalue weighted by molar-refractivity contribution is 5.68. The maximum absolute atomic E-state index is 15.6.